The summed E-state index contributed by atoms with van der Waals surface area (Å²) in [4.78, 5) is 41.2. The first-order chi connectivity index (χ1) is 15.8. The first kappa shape index (κ1) is 25.1. The minimum Gasteiger partial charge on any atom is -0.496 e. The van der Waals surface area contributed by atoms with Gasteiger partial charge in [0.15, 0.2) is 0 Å². The van der Waals surface area contributed by atoms with Gasteiger partial charge in [-0.3, -0.25) is 9.59 Å². The number of aryl methyl sites for hydroxylation is 1. The molecule has 0 unspecified atom stereocenters. The maximum atomic E-state index is 13.0. The molecular weight excluding hydrogens is 464 g/mol. The molecule has 0 spiro atoms. The fraction of sp³-hybridized carbons (Fsp3) is 0.458. The quantitative estimate of drug-likeness (QED) is 0.553. The van der Waals surface area contributed by atoms with Gasteiger partial charge >= 0.3 is 5.97 Å². The molecule has 0 saturated carbocycles. The molecule has 1 aromatic heterocycles. The number of benzene rings is 1. The van der Waals surface area contributed by atoms with Crippen LogP contribution in [0, 0.1) is 12.8 Å². The number of nitrogens with one attached hydrogen (secondary N) is 1. The molecular formula is C24H29ClN2O5S. The molecule has 1 saturated heterocycles. The lowest BCUT2D eigenvalue weighted by atomic mass is 9.95. The van der Waals surface area contributed by atoms with Gasteiger partial charge in [-0.2, -0.15) is 0 Å². The van der Waals surface area contributed by atoms with Crippen molar-refractivity contribution in [2.45, 2.75) is 40.0 Å². The van der Waals surface area contributed by atoms with Crippen molar-refractivity contribution < 1.29 is 23.9 Å². The van der Waals surface area contributed by atoms with Gasteiger partial charge in [0.05, 0.1) is 24.8 Å². The number of rotatable bonds is 7. The molecule has 1 aromatic carbocycles. The third-order valence-corrected chi connectivity index (χ3v) is 7.12. The summed E-state index contributed by atoms with van der Waals surface area (Å²) in [5.41, 5.74) is 1.77. The maximum Gasteiger partial charge on any atom is 0.341 e. The number of hydrogen-bond acceptors (Lipinski definition) is 6. The molecule has 1 N–H and O–H groups in total. The topological polar surface area (TPSA) is 84.9 Å². The first-order valence-corrected chi connectivity index (χ1v) is 12.2. The summed E-state index contributed by atoms with van der Waals surface area (Å²) in [5, 5.41) is 3.95. The summed E-state index contributed by atoms with van der Waals surface area (Å²) < 4.78 is 10.5. The van der Waals surface area contributed by atoms with Crippen molar-refractivity contribution in [3.63, 3.8) is 0 Å². The second-order valence-corrected chi connectivity index (χ2v) is 9.48. The lowest BCUT2D eigenvalue weighted by molar-refractivity contribution is -0.121. The van der Waals surface area contributed by atoms with E-state index in [2.05, 4.69) is 5.32 Å². The van der Waals surface area contributed by atoms with Gasteiger partial charge in [0.25, 0.3) is 5.91 Å². The Morgan fingerprint density at radius 3 is 2.52 bits per heavy atom. The van der Waals surface area contributed by atoms with E-state index in [4.69, 9.17) is 21.1 Å². The van der Waals surface area contributed by atoms with Gasteiger partial charge in [0.1, 0.15) is 10.8 Å². The fourth-order valence-electron chi connectivity index (χ4n) is 4.09. The second-order valence-electron chi connectivity index (χ2n) is 7.82. The van der Waals surface area contributed by atoms with Crippen LogP contribution in [0.25, 0.3) is 0 Å². The average molecular weight is 493 g/mol. The van der Waals surface area contributed by atoms with Gasteiger partial charge in [-0.1, -0.05) is 18.5 Å². The molecule has 9 heteroatoms. The normalized spacial score (nSPS) is 14.2. The van der Waals surface area contributed by atoms with Crippen molar-refractivity contribution in [1.29, 1.82) is 0 Å². The van der Waals surface area contributed by atoms with E-state index in [0.29, 0.717) is 59.3 Å². The van der Waals surface area contributed by atoms with E-state index in [1.165, 1.54) is 18.4 Å². The van der Waals surface area contributed by atoms with Gasteiger partial charge in [0.2, 0.25) is 5.91 Å². The van der Waals surface area contributed by atoms with Crippen molar-refractivity contribution in [3.05, 3.63) is 44.8 Å². The minimum atomic E-state index is -0.412. The van der Waals surface area contributed by atoms with Gasteiger partial charge < -0.3 is 19.7 Å². The van der Waals surface area contributed by atoms with Crippen molar-refractivity contribution in [2.24, 2.45) is 5.92 Å². The van der Waals surface area contributed by atoms with Crippen LogP contribution in [0.15, 0.2) is 18.2 Å². The summed E-state index contributed by atoms with van der Waals surface area (Å²) >= 11 is 7.46. The molecule has 178 valence electrons. The van der Waals surface area contributed by atoms with Gasteiger partial charge in [0, 0.05) is 28.9 Å². The Hall–Kier alpha value is -2.58. The number of carbonyl (C=O) groups is 3. The summed E-state index contributed by atoms with van der Waals surface area (Å²) in [6.45, 7) is 6.84. The van der Waals surface area contributed by atoms with Crippen LogP contribution in [0.3, 0.4) is 0 Å². The molecule has 7 nitrogen and oxygen atoms in total. The number of piperidine rings is 1. The molecule has 1 aliphatic rings. The highest BCUT2D eigenvalue weighted by Gasteiger charge is 2.31. The van der Waals surface area contributed by atoms with E-state index in [0.717, 1.165) is 10.4 Å². The Bertz CT molecular complexity index is 1040. The van der Waals surface area contributed by atoms with E-state index < -0.39 is 5.97 Å². The zero-order valence-electron chi connectivity index (χ0n) is 19.3. The number of anilines is 1. The van der Waals surface area contributed by atoms with Crippen molar-refractivity contribution in [2.75, 3.05) is 32.1 Å². The molecule has 0 radical (unpaired) electrons. The second kappa shape index (κ2) is 11.0. The number of hydrogen-bond donors (Lipinski definition) is 1. The first-order valence-electron chi connectivity index (χ1n) is 11.0. The van der Waals surface area contributed by atoms with E-state index in [-0.39, 0.29) is 24.3 Å². The molecule has 1 aliphatic heterocycles. The van der Waals surface area contributed by atoms with Crippen LogP contribution in [0.1, 0.15) is 57.8 Å². The molecule has 2 aromatic rings. The molecule has 0 aliphatic carbocycles. The Labute approximate surface area is 203 Å². The largest absolute Gasteiger partial charge is 0.496 e. The summed E-state index contributed by atoms with van der Waals surface area (Å²) in [6, 6.07) is 4.95. The molecule has 1 fully saturated rings. The Morgan fingerprint density at radius 1 is 1.21 bits per heavy atom. The standard InChI is InChI=1S/C24H29ClN2O5S/c1-5-17-14(3)33-22(20(17)24(30)32-6-2)26-21(28)15-9-11-27(12-10-15)23(29)18-13-16(25)7-8-19(18)31-4/h7-8,13,15H,5-6,9-12H2,1-4H3,(H,26,28). The third-order valence-electron chi connectivity index (χ3n) is 5.82. The highest BCUT2D eigenvalue weighted by atomic mass is 35.5. The number of halogens is 1. The highest BCUT2D eigenvalue weighted by Crippen LogP contribution is 2.35. The Kier molecular flexibility index (Phi) is 8.37. The van der Waals surface area contributed by atoms with Crippen molar-refractivity contribution in [1.82, 2.24) is 4.90 Å². The van der Waals surface area contributed by atoms with Crippen molar-refractivity contribution >= 4 is 45.7 Å². The fourth-order valence-corrected chi connectivity index (χ4v) is 5.40. The molecule has 0 bridgehead atoms. The maximum absolute atomic E-state index is 13.0. The van der Waals surface area contributed by atoms with E-state index >= 15 is 0 Å². The van der Waals surface area contributed by atoms with Crippen LogP contribution in [0.5, 0.6) is 5.75 Å². The van der Waals surface area contributed by atoms with E-state index in [9.17, 15) is 14.4 Å². The highest BCUT2D eigenvalue weighted by molar-refractivity contribution is 7.16. The number of ether oxygens (including phenoxy) is 2. The average Bonchev–Trinajstić information content (AvgIpc) is 3.13. The summed E-state index contributed by atoms with van der Waals surface area (Å²) in [7, 11) is 1.51. The third kappa shape index (κ3) is 5.50. The van der Waals surface area contributed by atoms with Gasteiger partial charge in [-0.15, -0.1) is 11.3 Å². The smallest absolute Gasteiger partial charge is 0.341 e. The van der Waals surface area contributed by atoms with Crippen LogP contribution in [0.2, 0.25) is 5.02 Å². The van der Waals surface area contributed by atoms with Gasteiger partial charge in [-0.25, -0.2) is 4.79 Å². The number of nitrogens with zero attached hydrogens (tertiary/aromatic N) is 1. The predicted octanol–water partition coefficient (Wildman–Crippen LogP) is 4.95. The monoisotopic (exact) mass is 492 g/mol. The molecule has 2 heterocycles. The summed E-state index contributed by atoms with van der Waals surface area (Å²) in [5.74, 6) is -0.505. The number of carbonyl (C=O) groups excluding carboxylic acids is 3. The van der Waals surface area contributed by atoms with Gasteiger partial charge in [-0.05, 0) is 56.9 Å². The number of esters is 1. The van der Waals surface area contributed by atoms with E-state index in [1.54, 1.807) is 30.0 Å². The lowest BCUT2D eigenvalue weighted by Gasteiger charge is -2.31. The van der Waals surface area contributed by atoms with Crippen LogP contribution in [-0.2, 0) is 16.0 Å². The predicted molar refractivity (Wildman–Crippen MR) is 130 cm³/mol. The van der Waals surface area contributed by atoms with Crippen LogP contribution in [-0.4, -0.2) is 49.5 Å². The van der Waals surface area contributed by atoms with Crippen LogP contribution in [0.4, 0.5) is 5.00 Å². The zero-order chi connectivity index (χ0) is 24.1. The Balaban J connectivity index is 1.68. The van der Waals surface area contributed by atoms with Crippen LogP contribution >= 0.6 is 22.9 Å². The molecule has 33 heavy (non-hydrogen) atoms. The molecule has 2 amide bonds. The minimum absolute atomic E-state index is 0.142. The van der Waals surface area contributed by atoms with Crippen LogP contribution < -0.4 is 10.1 Å². The molecule has 0 atom stereocenters. The number of methoxy groups -OCH3 is 1. The van der Waals surface area contributed by atoms with E-state index in [1.807, 2.05) is 13.8 Å². The lowest BCUT2D eigenvalue weighted by Crippen LogP contribution is -2.41. The Morgan fingerprint density at radius 2 is 1.91 bits per heavy atom. The summed E-state index contributed by atoms with van der Waals surface area (Å²) in [6.07, 6.45) is 1.74. The number of thiophene rings is 1. The van der Waals surface area contributed by atoms with Crippen molar-refractivity contribution in [3.8, 4) is 5.75 Å². The number of likely N-dealkylation sites (tertiary alicyclic amines) is 1. The molecule has 3 rings (SSSR count). The number of amides is 2. The SMILES string of the molecule is CCOC(=O)c1c(NC(=O)C2CCN(C(=O)c3cc(Cl)ccc3OC)CC2)sc(C)c1CC. The zero-order valence-corrected chi connectivity index (χ0v) is 20.9.